The maximum atomic E-state index is 12.6. The normalized spacial score (nSPS) is 20.9. The number of esters is 3. The van der Waals surface area contributed by atoms with E-state index < -0.39 is 66.0 Å². The first-order valence-electron chi connectivity index (χ1n) is 10.5. The number of rotatable bonds is 8. The lowest BCUT2D eigenvalue weighted by molar-refractivity contribution is -0.158. The molecule has 1 amide bonds. The minimum absolute atomic E-state index is 0.00645. The molecule has 0 aliphatic carbocycles. The van der Waals surface area contributed by atoms with Crippen LogP contribution in [0.15, 0.2) is 46.1 Å². The Morgan fingerprint density at radius 2 is 1.75 bits per heavy atom. The molecule has 14 nitrogen and oxygen atoms in total. The molecule has 1 aromatic carbocycles. The molecule has 4 atom stereocenters. The average molecular weight is 505 g/mol. The fourth-order valence-corrected chi connectivity index (χ4v) is 3.66. The highest BCUT2D eigenvalue weighted by Gasteiger charge is 2.52. The van der Waals surface area contributed by atoms with Crippen LogP contribution in [-0.2, 0) is 33.4 Å². The first-order valence-corrected chi connectivity index (χ1v) is 10.5. The number of H-pyrrole nitrogens is 1. The molecule has 2 heterocycles. The summed E-state index contributed by atoms with van der Waals surface area (Å²) in [6.07, 6.45) is -2.84. The van der Waals surface area contributed by atoms with E-state index in [2.05, 4.69) is 10.2 Å². The Bertz CT molecular complexity index is 1270. The minimum atomic E-state index is -1.37. The van der Waals surface area contributed by atoms with Crippen LogP contribution in [0, 0.1) is 5.92 Å². The number of aromatic amines is 1. The molecule has 192 valence electrons. The number of hydrogen-bond acceptors (Lipinski definition) is 11. The minimum Gasteiger partial charge on any atom is -0.467 e. The first kappa shape index (κ1) is 26.3. The summed E-state index contributed by atoms with van der Waals surface area (Å²) >= 11 is 0. The van der Waals surface area contributed by atoms with Gasteiger partial charge in [0, 0.05) is 19.2 Å². The molecule has 3 rings (SSSR count). The van der Waals surface area contributed by atoms with Crippen LogP contribution in [0.4, 0.5) is 0 Å². The second-order valence-electron chi connectivity index (χ2n) is 7.51. The van der Waals surface area contributed by atoms with Gasteiger partial charge >= 0.3 is 23.6 Å². The van der Waals surface area contributed by atoms with Crippen LogP contribution in [0.2, 0.25) is 0 Å². The molecule has 1 aliphatic rings. The molecule has 1 saturated heterocycles. The number of hydroxylamine groups is 1. The Hall–Kier alpha value is -4.30. The third kappa shape index (κ3) is 5.67. The molecule has 1 fully saturated rings. The van der Waals surface area contributed by atoms with Gasteiger partial charge in [0.25, 0.3) is 11.5 Å². The van der Waals surface area contributed by atoms with E-state index in [1.54, 1.807) is 6.07 Å². The predicted octanol–water partition coefficient (Wildman–Crippen LogP) is -0.697. The highest BCUT2D eigenvalue weighted by atomic mass is 16.7. The smallest absolute Gasteiger partial charge is 0.338 e. The summed E-state index contributed by atoms with van der Waals surface area (Å²) in [6, 6.07) is 6.89. The number of methoxy groups -OCH3 is 2. The van der Waals surface area contributed by atoms with Gasteiger partial charge in [0.05, 0.1) is 37.9 Å². The van der Waals surface area contributed by atoms with Gasteiger partial charge in [-0.05, 0) is 12.1 Å². The van der Waals surface area contributed by atoms with Gasteiger partial charge in [-0.2, -0.15) is 0 Å². The SMILES string of the molecule is COC(=O)c1ccccc1C(=O)NOC[C@H]1[C@@H](OC(C)=O)[C@H](n2ccc(=O)[nH]c2=O)O[C@@H]1C(=O)OC. The summed E-state index contributed by atoms with van der Waals surface area (Å²) < 4.78 is 21.4. The molecule has 0 spiro atoms. The van der Waals surface area contributed by atoms with Crippen molar-refractivity contribution >= 4 is 23.8 Å². The van der Waals surface area contributed by atoms with Crippen LogP contribution in [0.25, 0.3) is 0 Å². The van der Waals surface area contributed by atoms with Gasteiger partial charge in [-0.1, -0.05) is 12.1 Å². The zero-order valence-electron chi connectivity index (χ0n) is 19.4. The fraction of sp³-hybridized carbons (Fsp3) is 0.364. The topological polar surface area (TPSA) is 181 Å². The molecule has 36 heavy (non-hydrogen) atoms. The van der Waals surface area contributed by atoms with Gasteiger partial charge in [0.15, 0.2) is 18.4 Å². The van der Waals surface area contributed by atoms with E-state index in [-0.39, 0.29) is 11.1 Å². The van der Waals surface area contributed by atoms with Crippen molar-refractivity contribution in [2.45, 2.75) is 25.4 Å². The molecule has 2 N–H and O–H groups in total. The largest absolute Gasteiger partial charge is 0.467 e. The number of aromatic nitrogens is 2. The number of carbonyl (C=O) groups excluding carboxylic acids is 4. The molecular weight excluding hydrogens is 482 g/mol. The van der Waals surface area contributed by atoms with Crippen LogP contribution in [0.5, 0.6) is 0 Å². The molecule has 0 bridgehead atoms. The number of benzene rings is 1. The van der Waals surface area contributed by atoms with Crippen LogP contribution >= 0.6 is 0 Å². The Morgan fingerprint density at radius 1 is 1.06 bits per heavy atom. The third-order valence-corrected chi connectivity index (χ3v) is 5.26. The van der Waals surface area contributed by atoms with Gasteiger partial charge < -0.3 is 18.9 Å². The molecule has 2 aromatic rings. The lowest BCUT2D eigenvalue weighted by Gasteiger charge is -2.23. The van der Waals surface area contributed by atoms with E-state index in [1.807, 2.05) is 4.98 Å². The van der Waals surface area contributed by atoms with Crippen molar-refractivity contribution in [3.63, 3.8) is 0 Å². The fourth-order valence-electron chi connectivity index (χ4n) is 3.66. The Labute approximate surface area is 203 Å². The molecular formula is C22H23N3O11. The van der Waals surface area contributed by atoms with E-state index in [1.165, 1.54) is 25.3 Å². The number of ether oxygens (including phenoxy) is 4. The molecule has 0 unspecified atom stereocenters. The predicted molar refractivity (Wildman–Crippen MR) is 117 cm³/mol. The summed E-state index contributed by atoms with van der Waals surface area (Å²) in [6.45, 7) is 0.681. The zero-order valence-corrected chi connectivity index (χ0v) is 19.4. The van der Waals surface area contributed by atoms with Crippen LogP contribution in [-0.4, -0.2) is 66.4 Å². The summed E-state index contributed by atoms with van der Waals surface area (Å²) in [4.78, 5) is 79.9. The number of nitrogens with one attached hydrogen (secondary N) is 2. The van der Waals surface area contributed by atoms with Gasteiger partial charge in [-0.15, -0.1) is 0 Å². The second-order valence-corrected chi connectivity index (χ2v) is 7.51. The molecule has 0 radical (unpaired) electrons. The quantitative estimate of drug-likeness (QED) is 0.263. The lowest BCUT2D eigenvalue weighted by atomic mass is 9.98. The highest BCUT2D eigenvalue weighted by Crippen LogP contribution is 2.36. The standard InChI is InChI=1S/C22H23N3O11/c1-11(26)35-16-14(10-34-24-18(28)12-6-4-5-7-13(12)20(29)32-2)17(21(30)33-3)36-19(16)25-9-8-15(27)23-22(25)31/h4-9,14,16-17,19H,10H2,1-3H3,(H,24,28)(H,23,27,31)/t14-,16+,17-,19+/m0/s1. The van der Waals surface area contributed by atoms with E-state index in [4.69, 9.17) is 19.0 Å². The van der Waals surface area contributed by atoms with Crippen molar-refractivity contribution in [3.05, 3.63) is 68.5 Å². The van der Waals surface area contributed by atoms with E-state index >= 15 is 0 Å². The number of nitrogens with zero attached hydrogens (tertiary/aromatic N) is 1. The van der Waals surface area contributed by atoms with Crippen LogP contribution in [0.3, 0.4) is 0 Å². The first-order chi connectivity index (χ1) is 17.2. The number of hydrogen-bond donors (Lipinski definition) is 2. The van der Waals surface area contributed by atoms with E-state index in [9.17, 15) is 28.8 Å². The maximum Gasteiger partial charge on any atom is 0.338 e. The maximum absolute atomic E-state index is 12.6. The Kier molecular flexibility index (Phi) is 8.34. The van der Waals surface area contributed by atoms with E-state index in [0.717, 1.165) is 30.9 Å². The van der Waals surface area contributed by atoms with Gasteiger partial charge in [-0.3, -0.25) is 28.8 Å². The van der Waals surface area contributed by atoms with Crippen molar-refractivity contribution in [3.8, 4) is 0 Å². The van der Waals surface area contributed by atoms with Crippen molar-refractivity contribution in [2.24, 2.45) is 5.92 Å². The van der Waals surface area contributed by atoms with Crippen LogP contribution < -0.4 is 16.7 Å². The summed E-state index contributed by atoms with van der Waals surface area (Å²) in [7, 11) is 2.27. The summed E-state index contributed by atoms with van der Waals surface area (Å²) in [5, 5.41) is 0. The number of amides is 1. The third-order valence-electron chi connectivity index (χ3n) is 5.26. The summed E-state index contributed by atoms with van der Waals surface area (Å²) in [5.74, 6) is -4.19. The second kappa shape index (κ2) is 11.4. The summed E-state index contributed by atoms with van der Waals surface area (Å²) in [5.41, 5.74) is 0.575. The zero-order chi connectivity index (χ0) is 26.4. The highest BCUT2D eigenvalue weighted by molar-refractivity contribution is 6.04. The van der Waals surface area contributed by atoms with Crippen molar-refractivity contribution in [2.75, 3.05) is 20.8 Å². The lowest BCUT2D eigenvalue weighted by Crippen LogP contribution is -2.41. The van der Waals surface area contributed by atoms with Gasteiger partial charge in [-0.25, -0.2) is 19.9 Å². The molecule has 1 aliphatic heterocycles. The molecule has 1 aromatic heterocycles. The molecule has 14 heteroatoms. The van der Waals surface area contributed by atoms with Crippen LogP contribution in [0.1, 0.15) is 33.9 Å². The average Bonchev–Trinajstić information content (AvgIpc) is 3.20. The van der Waals surface area contributed by atoms with Crippen molar-refractivity contribution in [1.82, 2.24) is 15.0 Å². The van der Waals surface area contributed by atoms with Gasteiger partial charge in [0.2, 0.25) is 0 Å². The van der Waals surface area contributed by atoms with Gasteiger partial charge in [0.1, 0.15) is 0 Å². The van der Waals surface area contributed by atoms with Crippen molar-refractivity contribution < 1.29 is 43.0 Å². The Balaban J connectivity index is 1.85. The Morgan fingerprint density at radius 3 is 2.36 bits per heavy atom. The van der Waals surface area contributed by atoms with E-state index in [0.29, 0.717) is 0 Å². The number of carbonyl (C=O) groups is 4. The molecule has 0 saturated carbocycles. The van der Waals surface area contributed by atoms with Crippen molar-refractivity contribution in [1.29, 1.82) is 0 Å². The monoisotopic (exact) mass is 505 g/mol.